The summed E-state index contributed by atoms with van der Waals surface area (Å²) in [6, 6.07) is 9.12. The van der Waals surface area contributed by atoms with Gasteiger partial charge in [-0.25, -0.2) is 18.4 Å². The van der Waals surface area contributed by atoms with Gasteiger partial charge in [0.1, 0.15) is 12.2 Å². The average molecular weight is 531 g/mol. The first-order valence-corrected chi connectivity index (χ1v) is 12.6. The van der Waals surface area contributed by atoms with Crippen LogP contribution in [0.25, 0.3) is 17.1 Å². The molecule has 14 heteroatoms. The van der Waals surface area contributed by atoms with E-state index in [4.69, 9.17) is 21.1 Å². The van der Waals surface area contributed by atoms with Crippen molar-refractivity contribution >= 4 is 27.6 Å². The number of halogens is 1. The quantitative estimate of drug-likeness (QED) is 0.342. The monoisotopic (exact) mass is 530 g/mol. The van der Waals surface area contributed by atoms with Gasteiger partial charge in [0.25, 0.3) is 0 Å². The highest BCUT2D eigenvalue weighted by Gasteiger charge is 2.32. The first-order valence-electron chi connectivity index (χ1n) is 10.7. The molecular formula is C22H23ClN8O4S. The topological polar surface area (TPSA) is 147 Å². The van der Waals surface area contributed by atoms with E-state index in [0.29, 0.717) is 22.2 Å². The molecular weight excluding hydrogens is 508 g/mol. The molecule has 0 saturated carbocycles. The lowest BCUT2D eigenvalue weighted by Crippen LogP contribution is -2.31. The molecule has 0 bridgehead atoms. The summed E-state index contributed by atoms with van der Waals surface area (Å²) >= 11 is 5.87. The number of hydrogen-bond acceptors (Lipinski definition) is 10. The van der Waals surface area contributed by atoms with E-state index in [1.165, 1.54) is 37.5 Å². The molecule has 188 valence electrons. The summed E-state index contributed by atoms with van der Waals surface area (Å²) in [5, 5.41) is 7.80. The summed E-state index contributed by atoms with van der Waals surface area (Å²) in [5.41, 5.74) is 0.894. The Morgan fingerprint density at radius 3 is 2.14 bits per heavy atom. The van der Waals surface area contributed by atoms with Crippen LogP contribution in [0.1, 0.15) is 25.6 Å². The van der Waals surface area contributed by atoms with E-state index in [-0.39, 0.29) is 23.4 Å². The van der Waals surface area contributed by atoms with Crippen molar-refractivity contribution < 1.29 is 17.9 Å². The average Bonchev–Trinajstić information content (AvgIpc) is 3.30. The Morgan fingerprint density at radius 2 is 1.56 bits per heavy atom. The van der Waals surface area contributed by atoms with Gasteiger partial charge in [0, 0.05) is 23.9 Å². The normalized spacial score (nSPS) is 13.1. The van der Waals surface area contributed by atoms with E-state index in [1.807, 2.05) is 30.3 Å². The number of sulfonamides is 1. The van der Waals surface area contributed by atoms with E-state index in [2.05, 4.69) is 34.9 Å². The van der Waals surface area contributed by atoms with Crippen molar-refractivity contribution in [2.24, 2.45) is 0 Å². The summed E-state index contributed by atoms with van der Waals surface area (Å²) in [6.45, 7) is 3.26. The van der Waals surface area contributed by atoms with Crippen LogP contribution in [0.5, 0.6) is 11.8 Å². The van der Waals surface area contributed by atoms with Gasteiger partial charge in [-0.1, -0.05) is 48.9 Å². The minimum atomic E-state index is -4.02. The summed E-state index contributed by atoms with van der Waals surface area (Å²) in [4.78, 5) is 16.6. The van der Waals surface area contributed by atoms with Crippen LogP contribution in [0.3, 0.4) is 0 Å². The SMILES string of the molecule is COc1ncnc(OC)c1-n1c(NS(=O)(=O)[C@@H](C)[C@H](C)c2ncc(Cl)cn2)nnc1-c1ccccc1. The number of anilines is 1. The molecule has 1 aromatic carbocycles. The van der Waals surface area contributed by atoms with Crippen molar-refractivity contribution in [1.82, 2.24) is 34.7 Å². The molecule has 4 rings (SSSR count). The maximum Gasteiger partial charge on any atom is 0.245 e. The van der Waals surface area contributed by atoms with Crippen LogP contribution in [-0.2, 0) is 10.0 Å². The van der Waals surface area contributed by atoms with Crippen LogP contribution in [0, 0.1) is 0 Å². The number of nitrogens with zero attached hydrogens (tertiary/aromatic N) is 7. The number of aromatic nitrogens is 7. The lowest BCUT2D eigenvalue weighted by Gasteiger charge is -2.21. The van der Waals surface area contributed by atoms with Gasteiger partial charge < -0.3 is 9.47 Å². The summed E-state index contributed by atoms with van der Waals surface area (Å²) in [6.07, 6.45) is 4.11. The number of ether oxygens (including phenoxy) is 2. The van der Waals surface area contributed by atoms with E-state index in [9.17, 15) is 8.42 Å². The smallest absolute Gasteiger partial charge is 0.245 e. The molecule has 3 aromatic heterocycles. The second-order valence-electron chi connectivity index (χ2n) is 7.69. The third-order valence-electron chi connectivity index (χ3n) is 5.54. The maximum absolute atomic E-state index is 13.5. The molecule has 0 radical (unpaired) electrons. The third kappa shape index (κ3) is 4.93. The zero-order chi connectivity index (χ0) is 25.9. The Balaban J connectivity index is 1.81. The van der Waals surface area contributed by atoms with E-state index < -0.39 is 21.2 Å². The standard InChI is InChI=1S/C22H23ClN8O4S/c1-13(18-24-10-16(23)11-25-18)14(2)36(32,33)30-22-29-28-19(15-8-6-5-7-9-15)31(22)17-20(34-3)26-12-27-21(17)35-4/h5-14H,1-4H3,(H,29,30)/t13-,14-/m0/s1. The fourth-order valence-electron chi connectivity index (χ4n) is 3.43. The van der Waals surface area contributed by atoms with Crippen LogP contribution in [0.15, 0.2) is 49.1 Å². The summed E-state index contributed by atoms with van der Waals surface area (Å²) in [5.74, 6) is 0.265. The maximum atomic E-state index is 13.5. The van der Waals surface area contributed by atoms with E-state index >= 15 is 0 Å². The zero-order valence-electron chi connectivity index (χ0n) is 19.8. The molecule has 0 spiro atoms. The molecule has 0 aliphatic carbocycles. The largest absolute Gasteiger partial charge is 0.479 e. The molecule has 3 heterocycles. The van der Waals surface area contributed by atoms with Crippen LogP contribution < -0.4 is 14.2 Å². The van der Waals surface area contributed by atoms with Crippen molar-refractivity contribution in [3.63, 3.8) is 0 Å². The number of hydrogen-bond donors (Lipinski definition) is 1. The first kappa shape index (κ1) is 25.3. The van der Waals surface area contributed by atoms with Gasteiger partial charge >= 0.3 is 0 Å². The molecule has 36 heavy (non-hydrogen) atoms. The summed E-state index contributed by atoms with van der Waals surface area (Å²) in [7, 11) is -1.16. The highest BCUT2D eigenvalue weighted by molar-refractivity contribution is 7.93. The molecule has 4 aromatic rings. The molecule has 0 amide bonds. The second kappa shape index (κ2) is 10.4. The summed E-state index contributed by atoms with van der Waals surface area (Å²) < 4.78 is 41.8. The van der Waals surface area contributed by atoms with Gasteiger partial charge in [0.15, 0.2) is 11.5 Å². The highest BCUT2D eigenvalue weighted by atomic mass is 35.5. The molecule has 0 aliphatic heterocycles. The minimum Gasteiger partial charge on any atom is -0.479 e. The van der Waals surface area contributed by atoms with Crippen molar-refractivity contribution in [2.75, 3.05) is 18.9 Å². The molecule has 0 saturated heterocycles. The highest BCUT2D eigenvalue weighted by Crippen LogP contribution is 2.35. The van der Waals surface area contributed by atoms with Crippen molar-refractivity contribution in [3.8, 4) is 28.8 Å². The second-order valence-corrected chi connectivity index (χ2v) is 10.2. The predicted octanol–water partition coefficient (Wildman–Crippen LogP) is 3.12. The third-order valence-corrected chi connectivity index (χ3v) is 7.58. The van der Waals surface area contributed by atoms with Crippen LogP contribution in [0.4, 0.5) is 5.95 Å². The fraction of sp³-hybridized carbons (Fsp3) is 0.273. The lowest BCUT2D eigenvalue weighted by molar-refractivity contribution is 0.368. The van der Waals surface area contributed by atoms with Gasteiger partial charge in [-0.15, -0.1) is 10.2 Å². The fourth-order valence-corrected chi connectivity index (χ4v) is 4.76. The predicted molar refractivity (Wildman–Crippen MR) is 133 cm³/mol. The van der Waals surface area contributed by atoms with Gasteiger partial charge in [-0.3, -0.25) is 9.29 Å². The molecule has 0 unspecified atom stereocenters. The minimum absolute atomic E-state index is 0.101. The molecule has 0 aliphatic rings. The molecule has 2 atom stereocenters. The van der Waals surface area contributed by atoms with E-state index in [1.54, 1.807) is 13.8 Å². The van der Waals surface area contributed by atoms with Crippen LogP contribution in [-0.4, -0.2) is 62.6 Å². The Morgan fingerprint density at radius 1 is 0.944 bits per heavy atom. The number of rotatable bonds is 9. The van der Waals surface area contributed by atoms with Crippen LogP contribution in [0.2, 0.25) is 5.02 Å². The first-order chi connectivity index (χ1) is 17.3. The Kier molecular flexibility index (Phi) is 7.31. The molecule has 0 fully saturated rings. The Labute approximate surface area is 212 Å². The van der Waals surface area contributed by atoms with E-state index in [0.717, 1.165) is 0 Å². The number of benzene rings is 1. The van der Waals surface area contributed by atoms with Gasteiger partial charge in [-0.2, -0.15) is 9.97 Å². The number of methoxy groups -OCH3 is 2. The van der Waals surface area contributed by atoms with Crippen molar-refractivity contribution in [2.45, 2.75) is 25.0 Å². The zero-order valence-corrected chi connectivity index (χ0v) is 21.4. The van der Waals surface area contributed by atoms with Crippen molar-refractivity contribution in [3.05, 3.63) is 59.9 Å². The molecule has 12 nitrogen and oxygen atoms in total. The molecule has 1 N–H and O–H groups in total. The Hall–Kier alpha value is -3.84. The lowest BCUT2D eigenvalue weighted by atomic mass is 10.1. The van der Waals surface area contributed by atoms with Crippen molar-refractivity contribution in [1.29, 1.82) is 0 Å². The van der Waals surface area contributed by atoms with Crippen LogP contribution >= 0.6 is 11.6 Å². The van der Waals surface area contributed by atoms with Gasteiger partial charge in [0.2, 0.25) is 27.7 Å². The Bertz CT molecular complexity index is 1430. The van der Waals surface area contributed by atoms with Gasteiger partial charge in [-0.05, 0) is 6.92 Å². The van der Waals surface area contributed by atoms with Gasteiger partial charge in [0.05, 0.1) is 24.5 Å². The number of nitrogens with one attached hydrogen (secondary N) is 1.